The monoisotopic (exact) mass is 739 g/mol. The molecular formula is C56H37NO. The van der Waals surface area contributed by atoms with Crippen molar-refractivity contribution < 1.29 is 4.42 Å². The first-order valence-corrected chi connectivity index (χ1v) is 19.8. The molecular weight excluding hydrogens is 703 g/mol. The normalized spacial score (nSPS) is 11.4. The van der Waals surface area contributed by atoms with Crippen molar-refractivity contribution in [2.75, 3.05) is 4.90 Å². The summed E-state index contributed by atoms with van der Waals surface area (Å²) in [5.41, 5.74) is 14.5. The molecule has 0 saturated heterocycles. The van der Waals surface area contributed by atoms with E-state index in [9.17, 15) is 0 Å². The molecule has 0 atom stereocenters. The molecule has 0 bridgehead atoms. The van der Waals surface area contributed by atoms with E-state index in [-0.39, 0.29) is 0 Å². The van der Waals surface area contributed by atoms with Crippen LogP contribution in [0.5, 0.6) is 0 Å². The van der Waals surface area contributed by atoms with Crippen molar-refractivity contribution in [1.29, 1.82) is 0 Å². The van der Waals surface area contributed by atoms with Gasteiger partial charge < -0.3 is 9.32 Å². The second kappa shape index (κ2) is 14.1. The third kappa shape index (κ3) is 5.91. The highest BCUT2D eigenvalue weighted by molar-refractivity contribution is 6.11. The van der Waals surface area contributed by atoms with E-state index in [0.29, 0.717) is 0 Å². The molecule has 2 heteroatoms. The molecule has 58 heavy (non-hydrogen) atoms. The fourth-order valence-corrected chi connectivity index (χ4v) is 8.60. The van der Waals surface area contributed by atoms with E-state index in [1.54, 1.807) is 0 Å². The summed E-state index contributed by atoms with van der Waals surface area (Å²) in [4.78, 5) is 2.41. The van der Waals surface area contributed by atoms with Gasteiger partial charge in [0.15, 0.2) is 0 Å². The van der Waals surface area contributed by atoms with Crippen molar-refractivity contribution in [2.45, 2.75) is 0 Å². The Kier molecular flexibility index (Phi) is 8.19. The Bertz CT molecular complexity index is 3260. The summed E-state index contributed by atoms with van der Waals surface area (Å²) in [5.74, 6) is 0. The summed E-state index contributed by atoms with van der Waals surface area (Å²) < 4.78 is 6.42. The van der Waals surface area contributed by atoms with E-state index in [1.165, 1.54) is 49.4 Å². The van der Waals surface area contributed by atoms with Gasteiger partial charge >= 0.3 is 0 Å². The highest BCUT2D eigenvalue weighted by Crippen LogP contribution is 2.46. The molecule has 1 aromatic heterocycles. The van der Waals surface area contributed by atoms with Crippen LogP contribution in [-0.2, 0) is 0 Å². The van der Waals surface area contributed by atoms with E-state index in [0.717, 1.165) is 55.7 Å². The van der Waals surface area contributed by atoms with Crippen molar-refractivity contribution >= 4 is 60.5 Å². The zero-order valence-electron chi connectivity index (χ0n) is 31.7. The third-order valence-corrected chi connectivity index (χ3v) is 11.5. The van der Waals surface area contributed by atoms with E-state index in [2.05, 4.69) is 229 Å². The average Bonchev–Trinajstić information content (AvgIpc) is 3.65. The quantitative estimate of drug-likeness (QED) is 0.162. The number of nitrogens with zero attached hydrogens (tertiary/aromatic N) is 1. The topological polar surface area (TPSA) is 16.4 Å². The summed E-state index contributed by atoms with van der Waals surface area (Å²) in [6, 6.07) is 80.7. The third-order valence-electron chi connectivity index (χ3n) is 11.5. The fourth-order valence-electron chi connectivity index (χ4n) is 8.60. The summed E-state index contributed by atoms with van der Waals surface area (Å²) in [5, 5.41) is 7.14. The van der Waals surface area contributed by atoms with Gasteiger partial charge in [-0.1, -0.05) is 176 Å². The van der Waals surface area contributed by atoms with Crippen LogP contribution in [0.2, 0.25) is 0 Å². The van der Waals surface area contributed by atoms with Crippen LogP contribution in [-0.4, -0.2) is 0 Å². The second-order valence-electron chi connectivity index (χ2n) is 14.9. The minimum Gasteiger partial charge on any atom is -0.456 e. The van der Waals surface area contributed by atoms with Crippen molar-refractivity contribution in [3.8, 4) is 44.5 Å². The minimum atomic E-state index is 0.888. The van der Waals surface area contributed by atoms with Crippen LogP contribution in [0.4, 0.5) is 17.1 Å². The van der Waals surface area contributed by atoms with Crippen LogP contribution in [0.15, 0.2) is 229 Å². The highest BCUT2D eigenvalue weighted by atomic mass is 16.3. The number of fused-ring (bicyclic) bond motifs is 5. The lowest BCUT2D eigenvalue weighted by Gasteiger charge is -2.30. The number of benzene rings is 10. The molecule has 0 fully saturated rings. The van der Waals surface area contributed by atoms with E-state index in [4.69, 9.17) is 4.42 Å². The number of furan rings is 1. The maximum atomic E-state index is 6.42. The second-order valence-corrected chi connectivity index (χ2v) is 14.9. The van der Waals surface area contributed by atoms with E-state index < -0.39 is 0 Å². The van der Waals surface area contributed by atoms with Crippen LogP contribution >= 0.6 is 0 Å². The van der Waals surface area contributed by atoms with Gasteiger partial charge in [-0.2, -0.15) is 0 Å². The summed E-state index contributed by atoms with van der Waals surface area (Å²) in [7, 11) is 0. The van der Waals surface area contributed by atoms with Crippen LogP contribution in [0.25, 0.3) is 88.0 Å². The predicted molar refractivity (Wildman–Crippen MR) is 245 cm³/mol. The van der Waals surface area contributed by atoms with Gasteiger partial charge in [-0.15, -0.1) is 0 Å². The molecule has 0 aliphatic carbocycles. The molecule has 10 aromatic carbocycles. The minimum absolute atomic E-state index is 0.888. The van der Waals surface area contributed by atoms with Gasteiger partial charge in [0.25, 0.3) is 0 Å². The highest BCUT2D eigenvalue weighted by Gasteiger charge is 2.21. The molecule has 0 aliphatic heterocycles. The molecule has 0 unspecified atom stereocenters. The lowest BCUT2D eigenvalue weighted by molar-refractivity contribution is 0.669. The van der Waals surface area contributed by atoms with Gasteiger partial charge in [0, 0.05) is 27.6 Å². The lowest BCUT2D eigenvalue weighted by atomic mass is 9.96. The van der Waals surface area contributed by atoms with Crippen molar-refractivity contribution in [2.24, 2.45) is 0 Å². The molecule has 0 radical (unpaired) electrons. The largest absolute Gasteiger partial charge is 0.456 e. The average molecular weight is 740 g/mol. The maximum absolute atomic E-state index is 6.42. The van der Waals surface area contributed by atoms with Crippen molar-refractivity contribution in [1.82, 2.24) is 0 Å². The Labute approximate surface area is 337 Å². The first-order valence-electron chi connectivity index (χ1n) is 19.8. The Balaban J connectivity index is 1.03. The molecule has 11 rings (SSSR count). The smallest absolute Gasteiger partial charge is 0.136 e. The number of hydrogen-bond donors (Lipinski definition) is 0. The van der Waals surface area contributed by atoms with Gasteiger partial charge in [-0.05, 0) is 103 Å². The molecule has 1 heterocycles. The molecule has 0 saturated carbocycles. The molecule has 0 amide bonds. The summed E-state index contributed by atoms with van der Waals surface area (Å²) in [6.07, 6.45) is 0. The number of hydrogen-bond acceptors (Lipinski definition) is 2. The first kappa shape index (κ1) is 33.6. The number of para-hydroxylation sites is 2. The lowest BCUT2D eigenvalue weighted by Crippen LogP contribution is -2.12. The molecule has 0 aliphatic rings. The summed E-state index contributed by atoms with van der Waals surface area (Å²) in [6.45, 7) is 0. The first-order chi connectivity index (χ1) is 28.7. The Morgan fingerprint density at radius 2 is 0.776 bits per heavy atom. The molecule has 272 valence electrons. The Morgan fingerprint density at radius 3 is 1.52 bits per heavy atom. The van der Waals surface area contributed by atoms with Crippen molar-refractivity contribution in [3.63, 3.8) is 0 Å². The zero-order chi connectivity index (χ0) is 38.4. The van der Waals surface area contributed by atoms with E-state index >= 15 is 0 Å². The fraction of sp³-hybridized carbons (Fsp3) is 0. The van der Waals surface area contributed by atoms with Crippen LogP contribution in [0.3, 0.4) is 0 Å². The zero-order valence-corrected chi connectivity index (χ0v) is 31.7. The Morgan fingerprint density at radius 1 is 0.276 bits per heavy atom. The number of anilines is 3. The molecule has 0 N–H and O–H groups in total. The van der Waals surface area contributed by atoms with Gasteiger partial charge in [0.2, 0.25) is 0 Å². The van der Waals surface area contributed by atoms with Crippen LogP contribution in [0.1, 0.15) is 0 Å². The molecule has 2 nitrogen and oxygen atoms in total. The number of rotatable bonds is 7. The maximum Gasteiger partial charge on any atom is 0.136 e. The van der Waals surface area contributed by atoms with Gasteiger partial charge in [-0.25, -0.2) is 0 Å². The van der Waals surface area contributed by atoms with Gasteiger partial charge in [0.1, 0.15) is 11.2 Å². The van der Waals surface area contributed by atoms with Crippen LogP contribution in [0, 0.1) is 0 Å². The van der Waals surface area contributed by atoms with Gasteiger partial charge in [-0.3, -0.25) is 0 Å². The SMILES string of the molecule is c1ccc(-c2ccccc2N(c2ccc(-c3ccc(-c4cccc5ccccc45)cc3)cc2)c2ccccc2-c2ccc3oc4cc5ccccc5cc4c3c2)cc1. The predicted octanol–water partition coefficient (Wildman–Crippen LogP) is 16.0. The molecule has 11 aromatic rings. The van der Waals surface area contributed by atoms with Gasteiger partial charge in [0.05, 0.1) is 11.4 Å². The summed E-state index contributed by atoms with van der Waals surface area (Å²) >= 11 is 0. The van der Waals surface area contributed by atoms with Crippen LogP contribution < -0.4 is 4.90 Å². The van der Waals surface area contributed by atoms with Crippen molar-refractivity contribution in [3.05, 3.63) is 224 Å². The Hall–Kier alpha value is -7.68. The standard InChI is InChI=1S/C56H37NO/c1-2-13-41(14-3-1)49-20-8-10-23-53(49)57(46-32-29-39(30-33-46)38-25-27-42(28-26-38)48-22-12-18-40-15-6-7-19-47(40)48)54-24-11-9-21-50(54)45-31-34-55-51(36-45)52-35-43-16-4-5-17-44(43)37-56(52)58-55/h1-37H. The molecule has 0 spiro atoms. The van der Waals surface area contributed by atoms with E-state index in [1.807, 2.05) is 0 Å².